The Labute approximate surface area is 108 Å². The maximum Gasteiger partial charge on any atom is 0.335 e. The molecule has 0 bridgehead atoms. The molecule has 1 heterocycles. The lowest BCUT2D eigenvalue weighted by molar-refractivity contribution is -0.136. The van der Waals surface area contributed by atoms with Crippen LogP contribution in [0.1, 0.15) is 18.4 Å². The number of nitrogens with one attached hydrogen (secondary N) is 1. The highest BCUT2D eigenvalue weighted by Gasteiger charge is 2.62. The summed E-state index contributed by atoms with van der Waals surface area (Å²) in [6.45, 7) is 1.67. The highest BCUT2D eigenvalue weighted by Crippen LogP contribution is 2.49. The van der Waals surface area contributed by atoms with E-state index in [4.69, 9.17) is 0 Å². The predicted octanol–water partition coefficient (Wildman–Crippen LogP) is 1.50. The number of imide groups is 2. The molecule has 0 unspecified atom stereocenters. The molecular weight excluding hydrogens is 251 g/mol. The molecule has 1 saturated carbocycles. The number of carbonyl (C=O) groups excluding carboxylic acids is 3. The molecule has 1 aromatic carbocycles. The zero-order chi connectivity index (χ0) is 13.8. The van der Waals surface area contributed by atoms with Crippen molar-refractivity contribution in [3.8, 4) is 0 Å². The molecule has 98 valence electrons. The van der Waals surface area contributed by atoms with Crippen LogP contribution in [0.5, 0.6) is 0 Å². The normalized spacial score (nSPS) is 20.7. The largest absolute Gasteiger partial charge is 0.335 e. The molecule has 1 aliphatic carbocycles. The first-order chi connectivity index (χ1) is 8.95. The molecule has 6 heteroatoms. The van der Waals surface area contributed by atoms with Crippen LogP contribution in [0.3, 0.4) is 0 Å². The Hall–Kier alpha value is -2.24. The van der Waals surface area contributed by atoms with Crippen LogP contribution < -0.4 is 10.2 Å². The Morgan fingerprint density at radius 3 is 2.58 bits per heavy atom. The number of halogens is 1. The Balaban J connectivity index is 2.08. The second-order valence-corrected chi connectivity index (χ2v) is 4.91. The lowest BCUT2D eigenvalue weighted by atomic mass is 10.0. The molecule has 0 atom stereocenters. The lowest BCUT2D eigenvalue weighted by Crippen LogP contribution is -2.59. The van der Waals surface area contributed by atoms with Crippen molar-refractivity contribution in [3.05, 3.63) is 29.6 Å². The average molecular weight is 262 g/mol. The summed E-state index contributed by atoms with van der Waals surface area (Å²) in [5.74, 6) is -1.65. The van der Waals surface area contributed by atoms with Gasteiger partial charge in [0.25, 0.3) is 5.91 Å². The van der Waals surface area contributed by atoms with E-state index in [1.807, 2.05) is 0 Å². The van der Waals surface area contributed by atoms with Crippen LogP contribution >= 0.6 is 0 Å². The van der Waals surface area contributed by atoms with Crippen LogP contribution in [0.2, 0.25) is 0 Å². The fraction of sp³-hybridized carbons (Fsp3) is 0.308. The Morgan fingerprint density at radius 1 is 1.26 bits per heavy atom. The smallest absolute Gasteiger partial charge is 0.276 e. The minimum atomic E-state index is -1.12. The maximum atomic E-state index is 13.3. The van der Waals surface area contributed by atoms with Crippen LogP contribution in [0, 0.1) is 18.2 Å². The topological polar surface area (TPSA) is 66.5 Å². The number of carbonyl (C=O) groups is 3. The molecule has 1 spiro atoms. The fourth-order valence-electron chi connectivity index (χ4n) is 2.28. The van der Waals surface area contributed by atoms with E-state index in [9.17, 15) is 18.8 Å². The van der Waals surface area contributed by atoms with E-state index in [1.54, 1.807) is 6.92 Å². The number of hydrogen-bond acceptors (Lipinski definition) is 3. The predicted molar refractivity (Wildman–Crippen MR) is 63.8 cm³/mol. The number of benzene rings is 1. The molecule has 0 radical (unpaired) electrons. The first-order valence-electron chi connectivity index (χ1n) is 5.92. The van der Waals surface area contributed by atoms with Gasteiger partial charge in [-0.05, 0) is 37.5 Å². The van der Waals surface area contributed by atoms with Crippen molar-refractivity contribution in [2.75, 3.05) is 4.90 Å². The van der Waals surface area contributed by atoms with Gasteiger partial charge < -0.3 is 0 Å². The molecule has 5 nitrogen and oxygen atoms in total. The lowest BCUT2D eigenvalue weighted by Gasteiger charge is -2.31. The first-order valence-corrected chi connectivity index (χ1v) is 5.92. The Bertz CT molecular complexity index is 622. The molecule has 1 aliphatic heterocycles. The van der Waals surface area contributed by atoms with E-state index in [-0.39, 0.29) is 5.69 Å². The monoisotopic (exact) mass is 262 g/mol. The van der Waals surface area contributed by atoms with Gasteiger partial charge in [-0.15, -0.1) is 0 Å². The quantitative estimate of drug-likeness (QED) is 0.780. The number of hydrogen-bond donors (Lipinski definition) is 1. The van der Waals surface area contributed by atoms with Gasteiger partial charge in [-0.3, -0.25) is 14.9 Å². The highest BCUT2D eigenvalue weighted by atomic mass is 19.1. The van der Waals surface area contributed by atoms with Crippen molar-refractivity contribution in [2.45, 2.75) is 19.8 Å². The van der Waals surface area contributed by atoms with Gasteiger partial charge in [0.05, 0.1) is 5.69 Å². The van der Waals surface area contributed by atoms with Crippen molar-refractivity contribution in [1.82, 2.24) is 5.32 Å². The van der Waals surface area contributed by atoms with E-state index in [0.29, 0.717) is 18.4 Å². The number of barbiturate groups is 1. The third kappa shape index (κ3) is 1.56. The average Bonchev–Trinajstić information content (AvgIpc) is 3.13. The van der Waals surface area contributed by atoms with E-state index in [0.717, 1.165) is 11.0 Å². The molecule has 1 aromatic rings. The number of anilines is 1. The minimum Gasteiger partial charge on any atom is -0.276 e. The molecule has 0 aromatic heterocycles. The Kier molecular flexibility index (Phi) is 2.26. The number of nitrogens with zero attached hydrogens (tertiary/aromatic N) is 1. The summed E-state index contributed by atoms with van der Waals surface area (Å²) in [4.78, 5) is 36.7. The van der Waals surface area contributed by atoms with Crippen molar-refractivity contribution < 1.29 is 18.8 Å². The summed E-state index contributed by atoms with van der Waals surface area (Å²) < 4.78 is 13.3. The van der Waals surface area contributed by atoms with Crippen LogP contribution in [0.25, 0.3) is 0 Å². The van der Waals surface area contributed by atoms with Crippen LogP contribution in [0.15, 0.2) is 18.2 Å². The van der Waals surface area contributed by atoms with E-state index in [2.05, 4.69) is 5.32 Å². The molecule has 19 heavy (non-hydrogen) atoms. The van der Waals surface area contributed by atoms with Gasteiger partial charge in [0.15, 0.2) is 0 Å². The maximum absolute atomic E-state index is 13.3. The van der Waals surface area contributed by atoms with Gasteiger partial charge >= 0.3 is 6.03 Å². The van der Waals surface area contributed by atoms with Gasteiger partial charge in [0, 0.05) is 0 Å². The summed E-state index contributed by atoms with van der Waals surface area (Å²) in [5, 5.41) is 2.16. The fourth-order valence-corrected chi connectivity index (χ4v) is 2.28. The van der Waals surface area contributed by atoms with Crippen molar-refractivity contribution in [3.63, 3.8) is 0 Å². The van der Waals surface area contributed by atoms with Crippen molar-refractivity contribution in [1.29, 1.82) is 0 Å². The molecule has 2 fully saturated rings. The SMILES string of the molecule is Cc1ccc(F)cc1N1C(=O)NC(=O)C2(CC2)C1=O. The second kappa shape index (κ2) is 3.63. The molecule has 1 N–H and O–H groups in total. The number of aryl methyl sites for hydroxylation is 1. The van der Waals surface area contributed by atoms with Crippen LogP contribution in [-0.2, 0) is 9.59 Å². The van der Waals surface area contributed by atoms with Crippen LogP contribution in [0.4, 0.5) is 14.9 Å². The standard InChI is InChI=1S/C13H11FN2O3/c1-7-2-3-8(14)6-9(7)16-11(18)13(4-5-13)10(17)15-12(16)19/h2-3,6H,4-5H2,1H3,(H,15,17,19). The summed E-state index contributed by atoms with van der Waals surface area (Å²) in [7, 11) is 0. The zero-order valence-electron chi connectivity index (χ0n) is 10.2. The highest BCUT2D eigenvalue weighted by molar-refractivity contribution is 6.31. The molecular formula is C13H11FN2O3. The third-order valence-corrected chi connectivity index (χ3v) is 3.63. The van der Waals surface area contributed by atoms with E-state index < -0.39 is 29.1 Å². The van der Waals surface area contributed by atoms with E-state index >= 15 is 0 Å². The molecule has 1 saturated heterocycles. The Morgan fingerprint density at radius 2 is 1.95 bits per heavy atom. The van der Waals surface area contributed by atoms with Gasteiger partial charge in [-0.25, -0.2) is 14.1 Å². The molecule has 2 aliphatic rings. The number of urea groups is 1. The van der Waals surface area contributed by atoms with E-state index in [1.165, 1.54) is 12.1 Å². The van der Waals surface area contributed by atoms with Gasteiger partial charge in [0.1, 0.15) is 11.2 Å². The van der Waals surface area contributed by atoms with Crippen molar-refractivity contribution in [2.24, 2.45) is 5.41 Å². The number of amides is 4. The summed E-state index contributed by atoms with van der Waals surface area (Å²) in [6, 6.07) is 3.05. The first kappa shape index (κ1) is 11.8. The molecule has 3 rings (SSSR count). The van der Waals surface area contributed by atoms with Gasteiger partial charge in [-0.1, -0.05) is 6.07 Å². The second-order valence-electron chi connectivity index (χ2n) is 4.91. The number of rotatable bonds is 1. The van der Waals surface area contributed by atoms with Crippen molar-refractivity contribution >= 4 is 23.5 Å². The van der Waals surface area contributed by atoms with Gasteiger partial charge in [0.2, 0.25) is 5.91 Å². The van der Waals surface area contributed by atoms with Gasteiger partial charge in [-0.2, -0.15) is 0 Å². The zero-order valence-corrected chi connectivity index (χ0v) is 10.2. The summed E-state index contributed by atoms with van der Waals surface area (Å²) >= 11 is 0. The summed E-state index contributed by atoms with van der Waals surface area (Å²) in [6.07, 6.45) is 0.853. The minimum absolute atomic E-state index is 0.182. The third-order valence-electron chi connectivity index (χ3n) is 3.63. The molecule has 4 amide bonds. The summed E-state index contributed by atoms with van der Waals surface area (Å²) in [5.41, 5.74) is -0.344. The van der Waals surface area contributed by atoms with Crippen LogP contribution in [-0.4, -0.2) is 17.8 Å².